The van der Waals surface area contributed by atoms with Crippen LogP contribution in [0.4, 0.5) is 13.2 Å². The van der Waals surface area contributed by atoms with Gasteiger partial charge in [-0.1, -0.05) is 26.0 Å². The number of hydrogen-bond acceptors (Lipinski definition) is 10. The van der Waals surface area contributed by atoms with Gasteiger partial charge >= 0.3 is 12.1 Å². The zero-order valence-corrected chi connectivity index (χ0v) is 30.3. The van der Waals surface area contributed by atoms with Crippen LogP contribution in [0, 0.1) is 5.92 Å². The molecule has 0 aliphatic rings. The Hall–Kier alpha value is -4.98. The van der Waals surface area contributed by atoms with E-state index in [1.807, 2.05) is 0 Å². The van der Waals surface area contributed by atoms with Crippen LogP contribution in [0.5, 0.6) is 5.75 Å². The van der Waals surface area contributed by atoms with Crippen LogP contribution >= 0.6 is 0 Å². The average Bonchev–Trinajstić information content (AvgIpc) is 3.06. The van der Waals surface area contributed by atoms with E-state index in [2.05, 4.69) is 31.9 Å². The number of phenols is 1. The van der Waals surface area contributed by atoms with E-state index in [0.29, 0.717) is 18.4 Å². The molecule has 0 bridgehead atoms. The molecular formula is C33H51F3N8O9. The van der Waals surface area contributed by atoms with Crippen LogP contribution in [0.3, 0.4) is 0 Å². The van der Waals surface area contributed by atoms with Crippen molar-refractivity contribution in [3.63, 3.8) is 0 Å². The predicted octanol–water partition coefficient (Wildman–Crippen LogP) is -0.946. The SMILES string of the molecule is CC(C)C[C@](N)(C(=O)N[C@@H](Cc1ccc(O)cc1)C(=O)N[C@@H](CCCCN)C(=O)N[C@@H](C)C(=O)N[C@@H](C)C(=O)N[C@@H](C)C(=O)NCC(=O)O)C(F)(F)F. The first-order valence-corrected chi connectivity index (χ1v) is 16.9. The van der Waals surface area contributed by atoms with E-state index in [-0.39, 0.29) is 25.1 Å². The lowest BCUT2D eigenvalue weighted by atomic mass is 9.87. The van der Waals surface area contributed by atoms with Crippen molar-refractivity contribution >= 4 is 41.4 Å². The molecule has 0 aromatic heterocycles. The largest absolute Gasteiger partial charge is 0.508 e. The van der Waals surface area contributed by atoms with Gasteiger partial charge in [0.1, 0.15) is 42.5 Å². The normalized spacial score (nSPS) is 15.4. The summed E-state index contributed by atoms with van der Waals surface area (Å²) in [6.45, 7) is 6.30. The van der Waals surface area contributed by atoms with Crippen molar-refractivity contribution in [2.24, 2.45) is 17.4 Å². The minimum Gasteiger partial charge on any atom is -0.508 e. The zero-order chi connectivity index (χ0) is 40.7. The van der Waals surface area contributed by atoms with Gasteiger partial charge in [0.25, 0.3) is 0 Å². The van der Waals surface area contributed by atoms with Crippen LogP contribution in [0.2, 0.25) is 0 Å². The van der Waals surface area contributed by atoms with Crippen molar-refractivity contribution in [1.29, 1.82) is 0 Å². The van der Waals surface area contributed by atoms with Gasteiger partial charge in [-0.2, -0.15) is 13.2 Å². The number of carboxylic acid groups (broad SMARTS) is 1. The number of aliphatic carboxylic acids is 1. The highest BCUT2D eigenvalue weighted by Gasteiger charge is 2.58. The summed E-state index contributed by atoms with van der Waals surface area (Å²) in [6.07, 6.45) is -5.65. The van der Waals surface area contributed by atoms with Gasteiger partial charge < -0.3 is 53.6 Å². The lowest BCUT2D eigenvalue weighted by Crippen LogP contribution is -2.67. The third kappa shape index (κ3) is 15.3. The number of carboxylic acids is 1. The van der Waals surface area contributed by atoms with E-state index in [4.69, 9.17) is 16.6 Å². The Labute approximate surface area is 304 Å². The lowest BCUT2D eigenvalue weighted by Gasteiger charge is -2.33. The summed E-state index contributed by atoms with van der Waals surface area (Å²) in [4.78, 5) is 88.3. The summed E-state index contributed by atoms with van der Waals surface area (Å²) in [5.74, 6) is -8.11. The van der Waals surface area contributed by atoms with Crippen LogP contribution in [-0.4, -0.2) is 107 Å². The Kier molecular flexibility index (Phi) is 18.2. The molecule has 0 aliphatic carbocycles. The number of carbonyl (C=O) groups excluding carboxylic acids is 6. The molecule has 17 nitrogen and oxygen atoms in total. The van der Waals surface area contributed by atoms with Crippen LogP contribution in [0.25, 0.3) is 0 Å². The molecule has 0 fully saturated rings. The molecule has 1 rings (SSSR count). The quantitative estimate of drug-likeness (QED) is 0.0682. The maximum absolute atomic E-state index is 14.1. The molecule has 0 heterocycles. The number of rotatable bonds is 21. The number of aromatic hydroxyl groups is 1. The summed E-state index contributed by atoms with van der Waals surface area (Å²) in [7, 11) is 0. The lowest BCUT2D eigenvalue weighted by molar-refractivity contribution is -0.195. The van der Waals surface area contributed by atoms with Gasteiger partial charge in [-0.05, 0) is 76.6 Å². The number of nitrogens with one attached hydrogen (secondary N) is 6. The molecule has 0 radical (unpaired) electrons. The van der Waals surface area contributed by atoms with E-state index in [0.717, 1.165) is 0 Å². The van der Waals surface area contributed by atoms with E-state index in [1.165, 1.54) is 58.9 Å². The second kappa shape index (κ2) is 20.9. The van der Waals surface area contributed by atoms with Gasteiger partial charge in [0.15, 0.2) is 5.54 Å². The van der Waals surface area contributed by atoms with Crippen molar-refractivity contribution in [2.75, 3.05) is 13.1 Å². The van der Waals surface area contributed by atoms with E-state index >= 15 is 0 Å². The average molecular weight is 761 g/mol. The molecule has 1 aromatic rings. The second-order valence-electron chi connectivity index (χ2n) is 13.1. The van der Waals surface area contributed by atoms with Gasteiger partial charge in [-0.15, -0.1) is 0 Å². The van der Waals surface area contributed by atoms with Crippen LogP contribution in [-0.2, 0) is 40.0 Å². The molecule has 298 valence electrons. The molecule has 53 heavy (non-hydrogen) atoms. The fourth-order valence-electron chi connectivity index (χ4n) is 4.88. The fraction of sp³-hybridized carbons (Fsp3) is 0.606. The Bertz CT molecular complexity index is 1450. The maximum Gasteiger partial charge on any atom is 0.415 e. The monoisotopic (exact) mass is 760 g/mol. The first kappa shape index (κ1) is 46.0. The van der Waals surface area contributed by atoms with Gasteiger partial charge in [0.2, 0.25) is 35.4 Å². The van der Waals surface area contributed by atoms with Crippen molar-refractivity contribution in [1.82, 2.24) is 31.9 Å². The smallest absolute Gasteiger partial charge is 0.415 e. The van der Waals surface area contributed by atoms with E-state index in [1.54, 1.807) is 0 Å². The molecule has 12 N–H and O–H groups in total. The first-order chi connectivity index (χ1) is 24.5. The van der Waals surface area contributed by atoms with Crippen molar-refractivity contribution in [2.45, 2.75) is 109 Å². The summed E-state index contributed by atoms with van der Waals surface area (Å²) in [6, 6.07) is -1.39. The number of carbonyl (C=O) groups is 7. The molecule has 6 atom stereocenters. The molecule has 0 unspecified atom stereocenters. The third-order valence-electron chi connectivity index (χ3n) is 7.89. The predicted molar refractivity (Wildman–Crippen MR) is 184 cm³/mol. The highest BCUT2D eigenvalue weighted by atomic mass is 19.4. The number of halogens is 3. The fourth-order valence-corrected chi connectivity index (χ4v) is 4.88. The molecule has 0 aliphatic heterocycles. The molecule has 6 amide bonds. The Morgan fingerprint density at radius 3 is 1.68 bits per heavy atom. The molecular weight excluding hydrogens is 709 g/mol. The first-order valence-electron chi connectivity index (χ1n) is 16.9. The highest BCUT2D eigenvalue weighted by molar-refractivity contribution is 5.97. The summed E-state index contributed by atoms with van der Waals surface area (Å²) in [5, 5.41) is 32.1. The minimum atomic E-state index is -5.19. The summed E-state index contributed by atoms with van der Waals surface area (Å²) >= 11 is 0. The number of nitrogens with two attached hydrogens (primary N) is 2. The minimum absolute atomic E-state index is 0.0274. The van der Waals surface area contributed by atoms with Gasteiger partial charge in [0, 0.05) is 6.42 Å². The number of amides is 6. The van der Waals surface area contributed by atoms with Gasteiger partial charge in [0.05, 0.1) is 0 Å². The molecule has 1 aromatic carbocycles. The number of alkyl halides is 3. The molecule has 0 spiro atoms. The molecule has 0 saturated carbocycles. The number of unbranched alkanes of at least 4 members (excludes halogenated alkanes) is 1. The van der Waals surface area contributed by atoms with Crippen LogP contribution < -0.4 is 43.4 Å². The third-order valence-corrected chi connectivity index (χ3v) is 7.89. The van der Waals surface area contributed by atoms with E-state index in [9.17, 15) is 51.8 Å². The van der Waals surface area contributed by atoms with Gasteiger partial charge in [-0.25, -0.2) is 0 Å². The van der Waals surface area contributed by atoms with Crippen LogP contribution in [0.15, 0.2) is 24.3 Å². The van der Waals surface area contributed by atoms with Crippen molar-refractivity contribution in [3.8, 4) is 5.75 Å². The van der Waals surface area contributed by atoms with Crippen molar-refractivity contribution < 1.29 is 56.9 Å². The standard InChI is InChI=1S/C33H51F3N8O9/c1-17(2)15-32(38,33(34,35)36)31(53)44-24(14-21-9-11-22(45)12-10-21)30(52)43-23(8-6-7-13-37)29(51)42-20(5)28(50)41-19(4)27(49)40-18(3)26(48)39-16-25(46)47/h9-12,17-20,23-24,45H,6-8,13-16,37-38H2,1-5H3,(H,39,48)(H,40,49)(H,41,50)(H,42,51)(H,43,52)(H,44,53)(H,46,47)/t18-,19-,20-,23-,24-,32-/m0/s1. The Morgan fingerprint density at radius 2 is 1.21 bits per heavy atom. The zero-order valence-electron chi connectivity index (χ0n) is 30.3. The van der Waals surface area contributed by atoms with Gasteiger partial charge in [-0.3, -0.25) is 33.6 Å². The molecule has 20 heteroatoms. The second-order valence-corrected chi connectivity index (χ2v) is 13.1. The summed E-state index contributed by atoms with van der Waals surface area (Å²) < 4.78 is 42.3. The number of benzene rings is 1. The summed E-state index contributed by atoms with van der Waals surface area (Å²) in [5.41, 5.74) is 8.19. The Morgan fingerprint density at radius 1 is 0.717 bits per heavy atom. The molecule has 0 saturated heterocycles. The highest BCUT2D eigenvalue weighted by Crippen LogP contribution is 2.34. The topological polar surface area (TPSA) is 284 Å². The van der Waals surface area contributed by atoms with E-state index < -0.39 is 102 Å². The van der Waals surface area contributed by atoms with Crippen LogP contribution in [0.1, 0.15) is 65.9 Å². The maximum atomic E-state index is 14.1. The number of phenolic OH excluding ortho intramolecular Hbond substituents is 1. The van der Waals surface area contributed by atoms with Crippen molar-refractivity contribution in [3.05, 3.63) is 29.8 Å². The Balaban J connectivity index is 3.18. The number of hydrogen-bond donors (Lipinski definition) is 10.